The highest BCUT2D eigenvalue weighted by atomic mass is 32.2. The Hall–Kier alpha value is -2.39. The molecule has 2 N–H and O–H groups in total. The van der Waals surface area contributed by atoms with Crippen LogP contribution < -0.4 is 10.6 Å². The predicted molar refractivity (Wildman–Crippen MR) is 98.9 cm³/mol. The molecule has 0 aliphatic heterocycles. The van der Waals surface area contributed by atoms with Gasteiger partial charge in [-0.05, 0) is 5.56 Å². The predicted octanol–water partition coefficient (Wildman–Crippen LogP) is 0.470. The summed E-state index contributed by atoms with van der Waals surface area (Å²) in [4.78, 5) is 23.0. The summed E-state index contributed by atoms with van der Waals surface area (Å²) >= 11 is 1.29. The smallest absolute Gasteiger partial charge is 0.239 e. The lowest BCUT2D eigenvalue weighted by molar-refractivity contribution is -0.124. The molecule has 0 fully saturated rings. The number of rotatable bonds is 10. The van der Waals surface area contributed by atoms with Crippen molar-refractivity contribution in [2.75, 3.05) is 33.1 Å². The highest BCUT2D eigenvalue weighted by molar-refractivity contribution is 7.99. The van der Waals surface area contributed by atoms with Crippen molar-refractivity contribution in [2.24, 2.45) is 0 Å². The molecule has 9 heteroatoms. The van der Waals surface area contributed by atoms with E-state index in [1.165, 1.54) is 18.8 Å². The molecular weight excluding hydrogens is 354 g/mol. The zero-order valence-electron chi connectivity index (χ0n) is 14.9. The van der Waals surface area contributed by atoms with Crippen LogP contribution in [0.2, 0.25) is 0 Å². The summed E-state index contributed by atoms with van der Waals surface area (Å²) in [5.74, 6) is 0.510. The Morgan fingerprint density at radius 1 is 1.19 bits per heavy atom. The Kier molecular flexibility index (Phi) is 8.10. The van der Waals surface area contributed by atoms with Crippen LogP contribution in [0.25, 0.3) is 0 Å². The molecule has 0 saturated carbocycles. The van der Waals surface area contributed by atoms with E-state index in [1.54, 1.807) is 7.11 Å². The summed E-state index contributed by atoms with van der Waals surface area (Å²) in [7, 11) is 3.16. The van der Waals surface area contributed by atoms with Gasteiger partial charge in [-0.3, -0.25) is 9.59 Å². The largest absolute Gasteiger partial charge is 0.383 e. The lowest BCUT2D eigenvalue weighted by Crippen LogP contribution is -2.36. The minimum absolute atomic E-state index is 0.0362. The van der Waals surface area contributed by atoms with Crippen molar-refractivity contribution in [3.63, 3.8) is 0 Å². The number of nitrogens with zero attached hydrogens (tertiary/aromatic N) is 3. The third-order valence-electron chi connectivity index (χ3n) is 3.57. The highest BCUT2D eigenvalue weighted by Gasteiger charge is 2.15. The summed E-state index contributed by atoms with van der Waals surface area (Å²) in [6, 6.07) is 10.0. The van der Waals surface area contributed by atoms with Gasteiger partial charge in [-0.25, -0.2) is 0 Å². The molecule has 26 heavy (non-hydrogen) atoms. The molecule has 2 aromatic rings. The Morgan fingerprint density at radius 2 is 1.96 bits per heavy atom. The molecule has 0 unspecified atom stereocenters. The third kappa shape index (κ3) is 6.16. The fraction of sp³-hybridized carbons (Fsp3) is 0.412. The van der Waals surface area contributed by atoms with E-state index < -0.39 is 0 Å². The summed E-state index contributed by atoms with van der Waals surface area (Å²) < 4.78 is 7.13. The van der Waals surface area contributed by atoms with Gasteiger partial charge >= 0.3 is 0 Å². The molecular formula is C17H23N5O3S. The van der Waals surface area contributed by atoms with Gasteiger partial charge in [0.05, 0.1) is 18.9 Å². The second kappa shape index (κ2) is 10.6. The number of carbonyl (C=O) groups excluding carboxylic acids is 2. The molecule has 1 aromatic heterocycles. The van der Waals surface area contributed by atoms with Crippen LogP contribution in [0.3, 0.4) is 0 Å². The number of methoxy groups -OCH3 is 1. The first-order valence-corrected chi connectivity index (χ1v) is 9.17. The van der Waals surface area contributed by atoms with E-state index >= 15 is 0 Å². The maximum Gasteiger partial charge on any atom is 0.239 e. The number of thioether (sulfide) groups is 1. The fourth-order valence-corrected chi connectivity index (χ4v) is 3.00. The van der Waals surface area contributed by atoms with Crippen molar-refractivity contribution < 1.29 is 14.3 Å². The summed E-state index contributed by atoms with van der Waals surface area (Å²) in [5.41, 5.74) is 1.14. The van der Waals surface area contributed by atoms with E-state index in [9.17, 15) is 9.59 Å². The van der Waals surface area contributed by atoms with Gasteiger partial charge in [0, 0.05) is 27.1 Å². The van der Waals surface area contributed by atoms with Gasteiger partial charge in [-0.2, -0.15) is 0 Å². The molecule has 8 nitrogen and oxygen atoms in total. The SMILES string of the molecule is CNC(=O)CNC(=O)CSc1nnc(Cc2ccccc2)n1CCOC. The Morgan fingerprint density at radius 3 is 2.65 bits per heavy atom. The van der Waals surface area contributed by atoms with Gasteiger partial charge in [0.2, 0.25) is 11.8 Å². The average molecular weight is 377 g/mol. The van der Waals surface area contributed by atoms with Crippen molar-refractivity contribution >= 4 is 23.6 Å². The molecule has 0 aliphatic carbocycles. The molecule has 1 heterocycles. The summed E-state index contributed by atoms with van der Waals surface area (Å²) in [5, 5.41) is 14.1. The third-order valence-corrected chi connectivity index (χ3v) is 4.54. The van der Waals surface area contributed by atoms with E-state index in [-0.39, 0.29) is 24.1 Å². The van der Waals surface area contributed by atoms with Crippen LogP contribution in [0.15, 0.2) is 35.5 Å². The molecule has 0 spiro atoms. The van der Waals surface area contributed by atoms with Crippen LogP contribution in [-0.2, 0) is 27.3 Å². The van der Waals surface area contributed by atoms with E-state index in [0.29, 0.717) is 24.7 Å². The van der Waals surface area contributed by atoms with Crippen LogP contribution in [0.4, 0.5) is 0 Å². The standard InChI is InChI=1S/C17H23N5O3S/c1-18-15(23)11-19-16(24)12-26-17-21-20-14(22(17)8-9-25-2)10-13-6-4-3-5-7-13/h3-7H,8-12H2,1-2H3,(H,18,23)(H,19,24). The number of carbonyl (C=O) groups is 2. The Balaban J connectivity index is 2.00. The van der Waals surface area contributed by atoms with Crippen molar-refractivity contribution in [3.8, 4) is 0 Å². The average Bonchev–Trinajstić information content (AvgIpc) is 3.04. The monoisotopic (exact) mass is 377 g/mol. The molecule has 0 aliphatic rings. The number of aromatic nitrogens is 3. The van der Waals surface area contributed by atoms with Gasteiger partial charge in [-0.15, -0.1) is 10.2 Å². The van der Waals surface area contributed by atoms with Crippen LogP contribution in [-0.4, -0.2) is 59.6 Å². The molecule has 1 aromatic carbocycles. The fourth-order valence-electron chi connectivity index (χ4n) is 2.19. The molecule has 0 saturated heterocycles. The minimum atomic E-state index is -0.239. The van der Waals surface area contributed by atoms with Gasteiger partial charge in [0.15, 0.2) is 5.16 Å². The van der Waals surface area contributed by atoms with Crippen LogP contribution >= 0.6 is 11.8 Å². The lowest BCUT2D eigenvalue weighted by Gasteiger charge is -2.10. The van der Waals surface area contributed by atoms with Crippen LogP contribution in [0.1, 0.15) is 11.4 Å². The first kappa shape index (κ1) is 19.9. The maximum absolute atomic E-state index is 11.9. The number of nitrogens with one attached hydrogen (secondary N) is 2. The first-order valence-electron chi connectivity index (χ1n) is 8.19. The molecule has 2 rings (SSSR count). The number of benzene rings is 1. The quantitative estimate of drug-likeness (QED) is 0.584. The number of hydrogen-bond donors (Lipinski definition) is 2. The van der Waals surface area contributed by atoms with E-state index in [2.05, 4.69) is 20.8 Å². The normalized spacial score (nSPS) is 10.5. The Labute approximate surface area is 156 Å². The van der Waals surface area contributed by atoms with Gasteiger partial charge in [0.25, 0.3) is 0 Å². The Bertz CT molecular complexity index is 720. The number of ether oxygens (including phenoxy) is 1. The summed E-state index contributed by atoms with van der Waals surface area (Å²) in [6.07, 6.45) is 0.654. The van der Waals surface area contributed by atoms with E-state index in [0.717, 1.165) is 11.4 Å². The first-order chi connectivity index (χ1) is 12.6. The zero-order chi connectivity index (χ0) is 18.8. The van der Waals surface area contributed by atoms with Crippen molar-refractivity contribution in [1.29, 1.82) is 0 Å². The van der Waals surface area contributed by atoms with Gasteiger partial charge in [-0.1, -0.05) is 42.1 Å². The molecule has 0 bridgehead atoms. The topological polar surface area (TPSA) is 98.1 Å². The second-order valence-electron chi connectivity index (χ2n) is 5.44. The van der Waals surface area contributed by atoms with Gasteiger partial charge < -0.3 is 19.9 Å². The molecule has 2 amide bonds. The maximum atomic E-state index is 11.9. The van der Waals surface area contributed by atoms with Crippen molar-refractivity contribution in [1.82, 2.24) is 25.4 Å². The number of likely N-dealkylation sites (N-methyl/N-ethyl adjacent to an activating group) is 1. The van der Waals surface area contributed by atoms with Gasteiger partial charge in [0.1, 0.15) is 5.82 Å². The molecule has 140 valence electrons. The van der Waals surface area contributed by atoms with E-state index in [1.807, 2.05) is 34.9 Å². The van der Waals surface area contributed by atoms with Crippen LogP contribution in [0, 0.1) is 0 Å². The zero-order valence-corrected chi connectivity index (χ0v) is 15.7. The molecule has 0 atom stereocenters. The summed E-state index contributed by atoms with van der Waals surface area (Å²) in [6.45, 7) is 1.09. The number of hydrogen-bond acceptors (Lipinski definition) is 6. The second-order valence-corrected chi connectivity index (χ2v) is 6.39. The van der Waals surface area contributed by atoms with Crippen LogP contribution in [0.5, 0.6) is 0 Å². The van der Waals surface area contributed by atoms with Crippen molar-refractivity contribution in [2.45, 2.75) is 18.1 Å². The van der Waals surface area contributed by atoms with E-state index in [4.69, 9.17) is 4.74 Å². The number of amides is 2. The van der Waals surface area contributed by atoms with Crippen molar-refractivity contribution in [3.05, 3.63) is 41.7 Å². The lowest BCUT2D eigenvalue weighted by atomic mass is 10.1. The molecule has 0 radical (unpaired) electrons. The highest BCUT2D eigenvalue weighted by Crippen LogP contribution is 2.18. The minimum Gasteiger partial charge on any atom is -0.383 e.